The van der Waals surface area contributed by atoms with Crippen molar-refractivity contribution in [2.24, 2.45) is 0 Å². The van der Waals surface area contributed by atoms with Gasteiger partial charge in [0, 0.05) is 16.8 Å². The quantitative estimate of drug-likeness (QED) is 0.736. The molecule has 2 N–H and O–H groups in total. The monoisotopic (exact) mass is 392 g/mol. The van der Waals surface area contributed by atoms with Gasteiger partial charge >= 0.3 is 0 Å². The van der Waals surface area contributed by atoms with E-state index in [1.807, 2.05) is 36.4 Å². The molecule has 5 heteroatoms. The summed E-state index contributed by atoms with van der Waals surface area (Å²) >= 11 is 5.55. The molecular weight excluding hydrogens is 368 g/mol. The Morgan fingerprint density at radius 2 is 1.68 bits per heavy atom. The van der Waals surface area contributed by atoms with Crippen LogP contribution in [0.25, 0.3) is 6.08 Å². The normalized spacial score (nSPS) is 20.3. The second kappa shape index (κ2) is 8.07. The molecule has 0 bridgehead atoms. The van der Waals surface area contributed by atoms with Gasteiger partial charge in [-0.3, -0.25) is 0 Å². The van der Waals surface area contributed by atoms with Crippen LogP contribution < -0.4 is 20.1 Å². The summed E-state index contributed by atoms with van der Waals surface area (Å²) in [4.78, 5) is 0. The summed E-state index contributed by atoms with van der Waals surface area (Å²) < 4.78 is 11.1. The van der Waals surface area contributed by atoms with E-state index in [1.54, 1.807) is 14.2 Å². The van der Waals surface area contributed by atoms with Crippen molar-refractivity contribution in [1.82, 2.24) is 10.6 Å². The maximum absolute atomic E-state index is 5.61. The minimum Gasteiger partial charge on any atom is -0.496 e. The zero-order valence-corrected chi connectivity index (χ0v) is 16.9. The third kappa shape index (κ3) is 3.50. The molecule has 0 saturated carbocycles. The highest BCUT2D eigenvalue weighted by molar-refractivity contribution is 7.80. The maximum Gasteiger partial charge on any atom is 0.171 e. The molecule has 2 aromatic rings. The number of methoxy groups -OCH3 is 2. The minimum absolute atomic E-state index is 0.0151. The van der Waals surface area contributed by atoms with E-state index in [1.165, 1.54) is 11.1 Å². The fourth-order valence-corrected chi connectivity index (χ4v) is 4.25. The van der Waals surface area contributed by atoms with E-state index in [9.17, 15) is 0 Å². The van der Waals surface area contributed by atoms with Gasteiger partial charge in [0.15, 0.2) is 5.11 Å². The number of thiocarbonyl (C=S) groups is 1. The van der Waals surface area contributed by atoms with E-state index in [0.717, 1.165) is 47.6 Å². The van der Waals surface area contributed by atoms with E-state index in [0.29, 0.717) is 5.11 Å². The number of hydrogen-bond donors (Lipinski definition) is 2. The molecule has 4 nitrogen and oxygen atoms in total. The van der Waals surface area contributed by atoms with Gasteiger partial charge in [0.2, 0.25) is 0 Å². The molecule has 1 atom stereocenters. The predicted octanol–water partition coefficient (Wildman–Crippen LogP) is 4.74. The summed E-state index contributed by atoms with van der Waals surface area (Å²) in [5, 5.41) is 7.50. The van der Waals surface area contributed by atoms with Crippen LogP contribution in [0.4, 0.5) is 0 Å². The number of nitrogens with one attached hydrogen (secondary N) is 2. The highest BCUT2D eigenvalue weighted by atomic mass is 32.1. The fraction of sp³-hybridized carbons (Fsp3) is 0.261. The zero-order chi connectivity index (χ0) is 19.5. The van der Waals surface area contributed by atoms with Crippen LogP contribution in [-0.4, -0.2) is 19.3 Å². The van der Waals surface area contributed by atoms with Gasteiger partial charge in [-0.25, -0.2) is 0 Å². The van der Waals surface area contributed by atoms with Gasteiger partial charge in [-0.05, 0) is 60.8 Å². The van der Waals surface area contributed by atoms with Crippen molar-refractivity contribution >= 4 is 23.4 Å². The van der Waals surface area contributed by atoms with Crippen molar-refractivity contribution in [3.05, 3.63) is 76.5 Å². The van der Waals surface area contributed by atoms with Gasteiger partial charge in [-0.2, -0.15) is 0 Å². The second-order valence-electron chi connectivity index (χ2n) is 6.94. The van der Waals surface area contributed by atoms with Crippen molar-refractivity contribution in [2.75, 3.05) is 14.2 Å². The first-order valence-corrected chi connectivity index (χ1v) is 9.89. The highest BCUT2D eigenvalue weighted by Gasteiger charge is 2.31. The molecule has 28 heavy (non-hydrogen) atoms. The predicted molar refractivity (Wildman–Crippen MR) is 116 cm³/mol. The van der Waals surface area contributed by atoms with Crippen LogP contribution in [0.3, 0.4) is 0 Å². The third-order valence-corrected chi connectivity index (χ3v) is 5.54. The number of para-hydroxylation sites is 2. The Hall–Kier alpha value is -2.79. The van der Waals surface area contributed by atoms with Gasteiger partial charge in [-0.1, -0.05) is 36.4 Å². The van der Waals surface area contributed by atoms with E-state index in [-0.39, 0.29) is 6.04 Å². The van der Waals surface area contributed by atoms with E-state index in [4.69, 9.17) is 21.7 Å². The first-order chi connectivity index (χ1) is 13.7. The largest absolute Gasteiger partial charge is 0.496 e. The van der Waals surface area contributed by atoms with E-state index in [2.05, 4.69) is 28.8 Å². The third-order valence-electron chi connectivity index (χ3n) is 5.32. The Kier molecular flexibility index (Phi) is 5.35. The van der Waals surface area contributed by atoms with Crippen LogP contribution in [0, 0.1) is 0 Å². The Labute approximate surface area is 171 Å². The minimum atomic E-state index is 0.0151. The summed E-state index contributed by atoms with van der Waals surface area (Å²) in [7, 11) is 3.42. The van der Waals surface area contributed by atoms with Crippen molar-refractivity contribution in [3.8, 4) is 11.5 Å². The Morgan fingerprint density at radius 1 is 0.964 bits per heavy atom. The van der Waals surface area contributed by atoms with Crippen molar-refractivity contribution < 1.29 is 9.47 Å². The molecular formula is C23H24N2O2S. The zero-order valence-electron chi connectivity index (χ0n) is 16.1. The number of hydrogen-bond acceptors (Lipinski definition) is 3. The number of ether oxygens (including phenoxy) is 2. The van der Waals surface area contributed by atoms with E-state index >= 15 is 0 Å². The van der Waals surface area contributed by atoms with Gasteiger partial charge in [-0.15, -0.1) is 0 Å². The molecule has 4 rings (SSSR count). The molecule has 0 saturated heterocycles. The average Bonchev–Trinajstić information content (AvgIpc) is 2.74. The lowest BCUT2D eigenvalue weighted by atomic mass is 9.83. The Balaban J connectivity index is 1.81. The van der Waals surface area contributed by atoms with Crippen LogP contribution in [0.1, 0.15) is 36.4 Å². The Bertz CT molecular complexity index is 965. The van der Waals surface area contributed by atoms with Gasteiger partial charge in [0.05, 0.1) is 20.3 Å². The van der Waals surface area contributed by atoms with E-state index < -0.39 is 0 Å². The topological polar surface area (TPSA) is 42.5 Å². The summed E-state index contributed by atoms with van der Waals surface area (Å²) in [5.41, 5.74) is 5.91. The maximum atomic E-state index is 5.61. The molecule has 1 heterocycles. The second-order valence-corrected chi connectivity index (χ2v) is 7.35. The standard InChI is InChI=1S/C23H24N2O2S/c1-26-19-12-5-3-8-15(19)14-16-9-7-11-18-21(16)24-23(28)25-22(18)17-10-4-6-13-20(17)27-2/h3-6,8,10,12-14,22H,7,9,11H2,1-2H3,(H2,24,25,28). The van der Waals surface area contributed by atoms with Crippen molar-refractivity contribution in [3.63, 3.8) is 0 Å². The number of allylic oxidation sites excluding steroid dienone is 1. The number of rotatable bonds is 4. The van der Waals surface area contributed by atoms with Crippen LogP contribution in [-0.2, 0) is 0 Å². The summed E-state index contributed by atoms with van der Waals surface area (Å²) in [6.07, 6.45) is 5.34. The average molecular weight is 393 g/mol. The Morgan fingerprint density at radius 3 is 2.46 bits per heavy atom. The molecule has 1 aliphatic carbocycles. The number of benzene rings is 2. The first-order valence-electron chi connectivity index (χ1n) is 9.48. The van der Waals surface area contributed by atoms with Crippen molar-refractivity contribution in [1.29, 1.82) is 0 Å². The molecule has 0 fully saturated rings. The van der Waals surface area contributed by atoms with Crippen molar-refractivity contribution in [2.45, 2.75) is 25.3 Å². The molecule has 0 radical (unpaired) electrons. The molecule has 0 aromatic heterocycles. The van der Waals surface area contributed by atoms with Gasteiger partial charge in [0.1, 0.15) is 11.5 Å². The van der Waals surface area contributed by atoms with Crippen LogP contribution in [0.15, 0.2) is 65.4 Å². The highest BCUT2D eigenvalue weighted by Crippen LogP contribution is 2.41. The van der Waals surface area contributed by atoms with Crippen LogP contribution in [0.2, 0.25) is 0 Å². The smallest absolute Gasteiger partial charge is 0.171 e. The van der Waals surface area contributed by atoms with Crippen LogP contribution in [0.5, 0.6) is 11.5 Å². The van der Waals surface area contributed by atoms with Crippen LogP contribution >= 0.6 is 12.2 Å². The van der Waals surface area contributed by atoms with Gasteiger partial charge in [0.25, 0.3) is 0 Å². The fourth-order valence-electron chi connectivity index (χ4n) is 4.03. The molecule has 144 valence electrons. The lowest BCUT2D eigenvalue weighted by Gasteiger charge is -2.36. The molecule has 0 spiro atoms. The summed E-state index contributed by atoms with van der Waals surface area (Å²) in [6, 6.07) is 16.2. The molecule has 0 amide bonds. The SMILES string of the molecule is COc1ccccc1C=C1CCCC2=C1NC(=S)NC2c1ccccc1OC. The lowest BCUT2D eigenvalue weighted by molar-refractivity contribution is 0.404. The molecule has 1 unspecified atom stereocenters. The summed E-state index contributed by atoms with van der Waals surface area (Å²) in [6.45, 7) is 0. The molecule has 1 aliphatic heterocycles. The molecule has 2 aromatic carbocycles. The first kappa shape index (κ1) is 18.6. The summed E-state index contributed by atoms with van der Waals surface area (Å²) in [5.74, 6) is 1.75. The molecule has 2 aliphatic rings. The van der Waals surface area contributed by atoms with Gasteiger partial charge < -0.3 is 20.1 Å². The lowest BCUT2D eigenvalue weighted by Crippen LogP contribution is -2.45.